The van der Waals surface area contributed by atoms with E-state index in [9.17, 15) is 9.50 Å². The number of halogens is 2. The minimum absolute atomic E-state index is 0.302. The lowest BCUT2D eigenvalue weighted by Crippen LogP contribution is -2.14. The lowest BCUT2D eigenvalue weighted by atomic mass is 9.79. The van der Waals surface area contributed by atoms with Gasteiger partial charge < -0.3 is 5.11 Å². The topological polar surface area (TPSA) is 20.2 Å². The summed E-state index contributed by atoms with van der Waals surface area (Å²) < 4.78 is 14.6. The predicted octanol–water partition coefficient (Wildman–Crippen LogP) is 5.13. The van der Waals surface area contributed by atoms with Crippen LogP contribution in [0.4, 0.5) is 4.39 Å². The van der Waals surface area contributed by atoms with Gasteiger partial charge in [-0.15, -0.1) is 0 Å². The molecule has 110 valence electrons. The van der Waals surface area contributed by atoms with E-state index in [4.69, 9.17) is 0 Å². The van der Waals surface area contributed by atoms with Crippen molar-refractivity contribution in [2.45, 2.75) is 37.7 Å². The summed E-state index contributed by atoms with van der Waals surface area (Å²) in [6, 6.07) is 13.2. The number of hydrogen-bond donors (Lipinski definition) is 1. The largest absolute Gasteiger partial charge is 0.388 e. The third-order valence-corrected chi connectivity index (χ3v) is 5.03. The van der Waals surface area contributed by atoms with E-state index in [0.717, 1.165) is 19.3 Å². The molecule has 2 aromatic carbocycles. The zero-order valence-electron chi connectivity index (χ0n) is 11.7. The third-order valence-electron chi connectivity index (χ3n) is 4.33. The van der Waals surface area contributed by atoms with Gasteiger partial charge in [0.15, 0.2) is 0 Å². The van der Waals surface area contributed by atoms with E-state index in [1.807, 2.05) is 6.07 Å². The van der Waals surface area contributed by atoms with E-state index in [1.165, 1.54) is 17.2 Å². The van der Waals surface area contributed by atoms with Crippen molar-refractivity contribution in [3.8, 4) is 0 Å². The van der Waals surface area contributed by atoms with Gasteiger partial charge in [-0.2, -0.15) is 0 Å². The molecule has 0 bridgehead atoms. The number of aryl methyl sites for hydroxylation is 1. The summed E-state index contributed by atoms with van der Waals surface area (Å²) in [5.74, 6) is -0.0441. The molecule has 1 nitrogen and oxygen atoms in total. The van der Waals surface area contributed by atoms with Crippen LogP contribution < -0.4 is 0 Å². The van der Waals surface area contributed by atoms with Gasteiger partial charge in [-0.1, -0.05) is 46.3 Å². The molecule has 0 saturated heterocycles. The standard InChI is InChI=1S/C18H18BrFO/c19-15-9-4-10-16(20)18(15)17(21)11-13-7-3-6-12-5-1-2-8-14(12)13/h1-2,4-5,8-10,13,17,21H,3,6-7,11H2. The molecule has 0 amide bonds. The Morgan fingerprint density at radius 3 is 2.81 bits per heavy atom. The quantitative estimate of drug-likeness (QED) is 0.814. The molecule has 0 aromatic heterocycles. The van der Waals surface area contributed by atoms with E-state index in [2.05, 4.69) is 34.1 Å². The molecular formula is C18H18BrFO. The van der Waals surface area contributed by atoms with E-state index in [0.29, 0.717) is 22.4 Å². The van der Waals surface area contributed by atoms with Crippen LogP contribution in [0, 0.1) is 5.82 Å². The van der Waals surface area contributed by atoms with Crippen molar-refractivity contribution in [3.63, 3.8) is 0 Å². The summed E-state index contributed by atoms with van der Waals surface area (Å²) in [5, 5.41) is 10.5. The Hall–Kier alpha value is -1.19. The number of fused-ring (bicyclic) bond motifs is 1. The highest BCUT2D eigenvalue weighted by molar-refractivity contribution is 9.10. The summed E-state index contributed by atoms with van der Waals surface area (Å²) in [4.78, 5) is 0. The van der Waals surface area contributed by atoms with Crippen LogP contribution in [0.1, 0.15) is 48.0 Å². The molecule has 0 spiro atoms. The summed E-state index contributed by atoms with van der Waals surface area (Å²) >= 11 is 3.34. The van der Waals surface area contributed by atoms with Crippen LogP contribution in [-0.4, -0.2) is 5.11 Å². The highest BCUT2D eigenvalue weighted by atomic mass is 79.9. The molecule has 0 radical (unpaired) electrons. The monoisotopic (exact) mass is 348 g/mol. The molecule has 0 fully saturated rings. The zero-order chi connectivity index (χ0) is 14.8. The van der Waals surface area contributed by atoms with E-state index < -0.39 is 6.10 Å². The first-order valence-electron chi connectivity index (χ1n) is 7.36. The van der Waals surface area contributed by atoms with Crippen LogP contribution >= 0.6 is 15.9 Å². The van der Waals surface area contributed by atoms with Crippen LogP contribution in [0.25, 0.3) is 0 Å². The van der Waals surface area contributed by atoms with Crippen molar-refractivity contribution in [1.29, 1.82) is 0 Å². The maximum atomic E-state index is 14.0. The number of benzene rings is 2. The van der Waals surface area contributed by atoms with Gasteiger partial charge in [0, 0.05) is 10.0 Å². The lowest BCUT2D eigenvalue weighted by Gasteiger charge is -2.27. The summed E-state index contributed by atoms with van der Waals surface area (Å²) in [6.07, 6.45) is 3.08. The van der Waals surface area contributed by atoms with Gasteiger partial charge in [-0.25, -0.2) is 4.39 Å². The summed E-state index contributed by atoms with van der Waals surface area (Å²) in [7, 11) is 0. The molecule has 2 unspecified atom stereocenters. The van der Waals surface area contributed by atoms with Gasteiger partial charge in [0.05, 0.1) is 6.10 Å². The Labute approximate surface area is 132 Å². The molecule has 2 aromatic rings. The molecule has 0 saturated carbocycles. The summed E-state index contributed by atoms with van der Waals surface area (Å²) in [5.41, 5.74) is 3.06. The Balaban J connectivity index is 1.85. The van der Waals surface area contributed by atoms with Gasteiger partial charge in [-0.05, 0) is 54.9 Å². The molecule has 1 aliphatic carbocycles. The number of rotatable bonds is 3. The van der Waals surface area contributed by atoms with Gasteiger partial charge in [0.1, 0.15) is 5.82 Å². The zero-order valence-corrected chi connectivity index (χ0v) is 13.3. The van der Waals surface area contributed by atoms with Crippen molar-refractivity contribution in [2.75, 3.05) is 0 Å². The molecule has 3 heteroatoms. The van der Waals surface area contributed by atoms with E-state index >= 15 is 0 Å². The highest BCUT2D eigenvalue weighted by Crippen LogP contribution is 2.39. The second-order valence-corrected chi connectivity index (χ2v) is 6.53. The minimum atomic E-state index is -0.781. The average Bonchev–Trinajstić information content (AvgIpc) is 2.47. The van der Waals surface area contributed by atoms with E-state index in [1.54, 1.807) is 12.1 Å². The molecule has 0 heterocycles. The van der Waals surface area contributed by atoms with Crippen LogP contribution in [0.3, 0.4) is 0 Å². The summed E-state index contributed by atoms with van der Waals surface area (Å²) in [6.45, 7) is 0. The number of aliphatic hydroxyl groups is 1. The smallest absolute Gasteiger partial charge is 0.130 e. The second-order valence-electron chi connectivity index (χ2n) is 5.67. The van der Waals surface area contributed by atoms with Crippen molar-refractivity contribution >= 4 is 15.9 Å². The average molecular weight is 349 g/mol. The maximum absolute atomic E-state index is 14.0. The Morgan fingerprint density at radius 2 is 2.00 bits per heavy atom. The van der Waals surface area contributed by atoms with Crippen molar-refractivity contribution in [1.82, 2.24) is 0 Å². The van der Waals surface area contributed by atoms with Gasteiger partial charge in [0.25, 0.3) is 0 Å². The van der Waals surface area contributed by atoms with Crippen LogP contribution in [-0.2, 0) is 6.42 Å². The van der Waals surface area contributed by atoms with Crippen molar-refractivity contribution in [2.24, 2.45) is 0 Å². The maximum Gasteiger partial charge on any atom is 0.130 e. The van der Waals surface area contributed by atoms with Gasteiger partial charge in [0.2, 0.25) is 0 Å². The molecule has 3 rings (SSSR count). The minimum Gasteiger partial charge on any atom is -0.388 e. The third kappa shape index (κ3) is 3.04. The second kappa shape index (κ2) is 6.29. The van der Waals surface area contributed by atoms with Crippen molar-refractivity contribution in [3.05, 3.63) is 69.4 Å². The molecular weight excluding hydrogens is 331 g/mol. The first kappa shape index (κ1) is 14.7. The van der Waals surface area contributed by atoms with Gasteiger partial charge >= 0.3 is 0 Å². The fourth-order valence-corrected chi connectivity index (χ4v) is 3.92. The molecule has 1 N–H and O–H groups in total. The molecule has 0 aliphatic heterocycles. The Morgan fingerprint density at radius 1 is 1.19 bits per heavy atom. The SMILES string of the molecule is OC(CC1CCCc2ccccc21)c1c(F)cccc1Br. The van der Waals surface area contributed by atoms with Crippen LogP contribution in [0.2, 0.25) is 0 Å². The number of hydrogen-bond acceptors (Lipinski definition) is 1. The predicted molar refractivity (Wildman–Crippen MR) is 85.8 cm³/mol. The molecule has 21 heavy (non-hydrogen) atoms. The van der Waals surface area contributed by atoms with Crippen LogP contribution in [0.15, 0.2) is 46.9 Å². The number of aliphatic hydroxyl groups excluding tert-OH is 1. The molecule has 2 atom stereocenters. The Bertz CT molecular complexity index is 621. The van der Waals surface area contributed by atoms with Crippen LogP contribution in [0.5, 0.6) is 0 Å². The first-order valence-corrected chi connectivity index (χ1v) is 8.16. The van der Waals surface area contributed by atoms with E-state index in [-0.39, 0.29) is 5.82 Å². The van der Waals surface area contributed by atoms with Crippen molar-refractivity contribution < 1.29 is 9.50 Å². The lowest BCUT2D eigenvalue weighted by molar-refractivity contribution is 0.149. The normalized spacial score (nSPS) is 19.1. The Kier molecular flexibility index (Phi) is 4.41. The fourth-order valence-electron chi connectivity index (χ4n) is 3.32. The highest BCUT2D eigenvalue weighted by Gasteiger charge is 2.25. The molecule has 1 aliphatic rings. The van der Waals surface area contributed by atoms with Gasteiger partial charge in [-0.3, -0.25) is 0 Å². The first-order chi connectivity index (χ1) is 10.2. The fraction of sp³-hybridized carbons (Fsp3) is 0.333.